The molecule has 0 aliphatic carbocycles. The molecule has 0 radical (unpaired) electrons. The fourth-order valence-electron chi connectivity index (χ4n) is 5.81. The molecule has 0 bridgehead atoms. The summed E-state index contributed by atoms with van der Waals surface area (Å²) < 4.78 is 24.0. The molecule has 7 nitrogen and oxygen atoms in total. The van der Waals surface area contributed by atoms with Gasteiger partial charge in [0.2, 0.25) is 5.43 Å². The molecule has 0 unspecified atom stereocenters. The molecule has 2 N–H and O–H groups in total. The number of hydrogen-bond donors (Lipinski definition) is 2. The summed E-state index contributed by atoms with van der Waals surface area (Å²) in [6.45, 7) is 4.54. The zero-order valence-corrected chi connectivity index (χ0v) is 23.7. The van der Waals surface area contributed by atoms with E-state index < -0.39 is 17.2 Å². The first-order valence-corrected chi connectivity index (χ1v) is 14.6. The smallest absolute Gasteiger partial charge is 0.257 e. The molecule has 1 aliphatic rings. The van der Waals surface area contributed by atoms with E-state index >= 15 is 4.39 Å². The molecule has 214 valence electrons. The van der Waals surface area contributed by atoms with Crippen molar-refractivity contribution in [3.8, 4) is 17.2 Å². The zero-order chi connectivity index (χ0) is 29.2. The molecule has 1 amide bonds. The van der Waals surface area contributed by atoms with Gasteiger partial charge in [-0.15, -0.1) is 0 Å². The van der Waals surface area contributed by atoms with Crippen LogP contribution in [-0.2, 0) is 6.42 Å². The summed E-state index contributed by atoms with van der Waals surface area (Å²) in [5.74, 6) is -0.359. The third-order valence-electron chi connectivity index (χ3n) is 7.78. The highest BCUT2D eigenvalue weighted by Gasteiger charge is 2.30. The van der Waals surface area contributed by atoms with Gasteiger partial charge in [-0.05, 0) is 42.5 Å². The molecule has 0 atom stereocenters. The van der Waals surface area contributed by atoms with E-state index in [1.165, 1.54) is 6.07 Å². The number of benzene rings is 3. The number of fused-ring (bicyclic) bond motifs is 4. The molecule has 1 aliphatic heterocycles. The van der Waals surface area contributed by atoms with Gasteiger partial charge in [0.25, 0.3) is 5.91 Å². The highest BCUT2D eigenvalue weighted by molar-refractivity contribution is 6.04. The normalized spacial score (nSPS) is 11.9. The van der Waals surface area contributed by atoms with Crippen LogP contribution in [0.3, 0.4) is 0 Å². The first kappa shape index (κ1) is 27.4. The molecule has 5 aromatic rings. The van der Waals surface area contributed by atoms with Crippen LogP contribution in [0.25, 0.3) is 27.4 Å². The number of nitrogens with one attached hydrogen (secondary N) is 2. The number of carbonyl (C=O) groups is 1. The largest absolute Gasteiger partial charge is 0.451 e. The van der Waals surface area contributed by atoms with E-state index in [2.05, 4.69) is 29.5 Å². The van der Waals surface area contributed by atoms with Crippen molar-refractivity contribution >= 4 is 33.3 Å². The van der Waals surface area contributed by atoms with Crippen molar-refractivity contribution in [2.24, 2.45) is 0 Å². The van der Waals surface area contributed by atoms with Gasteiger partial charge >= 0.3 is 0 Å². The molecule has 0 spiro atoms. The summed E-state index contributed by atoms with van der Waals surface area (Å²) in [6, 6.07) is 18.5. The lowest BCUT2D eigenvalue weighted by Crippen LogP contribution is -2.37. The van der Waals surface area contributed by atoms with Crippen molar-refractivity contribution in [1.82, 2.24) is 14.9 Å². The van der Waals surface area contributed by atoms with Crippen LogP contribution in [0.1, 0.15) is 55.6 Å². The topological polar surface area (TPSA) is 85.3 Å². The number of hydrogen-bond acceptors (Lipinski definition) is 5. The zero-order valence-electron chi connectivity index (χ0n) is 23.7. The number of aromatic nitrogens is 2. The van der Waals surface area contributed by atoms with Crippen LogP contribution >= 0.6 is 0 Å². The lowest BCUT2D eigenvalue weighted by molar-refractivity contribution is 0.0931. The average molecular weight is 565 g/mol. The molecule has 0 fully saturated rings. The van der Waals surface area contributed by atoms with Crippen LogP contribution in [0.15, 0.2) is 77.9 Å². The SMILES string of the molecule is CCCC(CCC)NC(=O)c1cn2c3c(c(NCCc4ccccn4)c(F)cc3c1=O)Oc1ccc3ccccc3c1-2. The summed E-state index contributed by atoms with van der Waals surface area (Å²) in [7, 11) is 0. The van der Waals surface area contributed by atoms with Crippen LogP contribution in [0.5, 0.6) is 11.5 Å². The van der Waals surface area contributed by atoms with Gasteiger partial charge in [0.05, 0.1) is 11.1 Å². The van der Waals surface area contributed by atoms with E-state index in [0.29, 0.717) is 29.9 Å². The number of nitrogens with zero attached hydrogens (tertiary/aromatic N) is 2. The van der Waals surface area contributed by atoms with Gasteiger partial charge in [0.15, 0.2) is 17.3 Å². The molecular formula is C34H33FN4O3. The summed E-state index contributed by atoms with van der Waals surface area (Å²) in [4.78, 5) is 31.7. The van der Waals surface area contributed by atoms with Gasteiger partial charge in [-0.1, -0.05) is 63.1 Å². The van der Waals surface area contributed by atoms with E-state index in [0.717, 1.165) is 42.1 Å². The molecule has 3 heterocycles. The fraction of sp³-hybridized carbons (Fsp3) is 0.265. The van der Waals surface area contributed by atoms with Crippen molar-refractivity contribution in [2.45, 2.75) is 52.0 Å². The first-order chi connectivity index (χ1) is 20.5. The number of amides is 1. The number of halogens is 1. The van der Waals surface area contributed by atoms with Crippen molar-refractivity contribution in [2.75, 3.05) is 11.9 Å². The van der Waals surface area contributed by atoms with Crippen molar-refractivity contribution in [1.29, 1.82) is 0 Å². The molecule has 0 saturated heterocycles. The van der Waals surface area contributed by atoms with Gasteiger partial charge in [-0.3, -0.25) is 14.6 Å². The Labute approximate surface area is 243 Å². The van der Waals surface area contributed by atoms with Crippen molar-refractivity contribution in [3.05, 3.63) is 100 Å². The Hall–Kier alpha value is -4.72. The lowest BCUT2D eigenvalue weighted by Gasteiger charge is -2.27. The second kappa shape index (κ2) is 11.6. The summed E-state index contributed by atoms with van der Waals surface area (Å²) in [6.07, 6.45) is 7.33. The van der Waals surface area contributed by atoms with Crippen LogP contribution in [0.4, 0.5) is 10.1 Å². The second-order valence-electron chi connectivity index (χ2n) is 10.7. The van der Waals surface area contributed by atoms with Crippen LogP contribution < -0.4 is 20.8 Å². The molecule has 6 rings (SSSR count). The second-order valence-corrected chi connectivity index (χ2v) is 10.7. The third kappa shape index (κ3) is 4.98. The fourth-order valence-corrected chi connectivity index (χ4v) is 5.81. The monoisotopic (exact) mass is 564 g/mol. The maximum Gasteiger partial charge on any atom is 0.257 e. The maximum absolute atomic E-state index is 15.8. The van der Waals surface area contributed by atoms with E-state index in [-0.39, 0.29) is 28.4 Å². The predicted octanol–water partition coefficient (Wildman–Crippen LogP) is 7.14. The Bertz CT molecular complexity index is 1850. The molecule has 2 aromatic heterocycles. The predicted molar refractivity (Wildman–Crippen MR) is 165 cm³/mol. The van der Waals surface area contributed by atoms with E-state index in [1.807, 2.05) is 59.2 Å². The molecule has 3 aromatic carbocycles. The summed E-state index contributed by atoms with van der Waals surface area (Å²) in [5.41, 5.74) is 1.59. The number of carbonyl (C=O) groups excluding carboxylic acids is 1. The minimum atomic E-state index is -0.626. The molecule has 8 heteroatoms. The quantitative estimate of drug-likeness (QED) is 0.185. The Morgan fingerprint density at radius 3 is 2.57 bits per heavy atom. The first-order valence-electron chi connectivity index (χ1n) is 14.6. The minimum Gasteiger partial charge on any atom is -0.451 e. The Morgan fingerprint density at radius 2 is 1.81 bits per heavy atom. The highest BCUT2D eigenvalue weighted by atomic mass is 19.1. The van der Waals surface area contributed by atoms with Gasteiger partial charge in [0.1, 0.15) is 16.8 Å². The van der Waals surface area contributed by atoms with Gasteiger partial charge in [0, 0.05) is 42.5 Å². The lowest BCUT2D eigenvalue weighted by atomic mass is 10.0. The van der Waals surface area contributed by atoms with Gasteiger partial charge < -0.3 is 19.9 Å². The van der Waals surface area contributed by atoms with E-state index in [9.17, 15) is 9.59 Å². The Kier molecular flexibility index (Phi) is 7.61. The van der Waals surface area contributed by atoms with Gasteiger partial charge in [-0.2, -0.15) is 0 Å². The van der Waals surface area contributed by atoms with Crippen molar-refractivity contribution < 1.29 is 13.9 Å². The van der Waals surface area contributed by atoms with Crippen LogP contribution in [0.2, 0.25) is 0 Å². The van der Waals surface area contributed by atoms with Crippen LogP contribution in [-0.4, -0.2) is 28.0 Å². The standard InChI is InChI=1S/C34H33FN4O3/c1-3-9-23(10-4-2)38-34(41)26-20-39-30-24-13-6-5-11-21(24)14-15-28(30)42-33-29(27(35)19-25(31(33)39)32(26)40)37-18-16-22-12-7-8-17-36-22/h5-8,11-15,17,19-20,23,37H,3-4,9-10,16,18H2,1-2H3,(H,38,41). The third-order valence-corrected chi connectivity index (χ3v) is 7.78. The van der Waals surface area contributed by atoms with Crippen molar-refractivity contribution in [3.63, 3.8) is 0 Å². The minimum absolute atomic E-state index is 0.0262. The highest BCUT2D eigenvalue weighted by Crippen LogP contribution is 2.47. The number of ether oxygens (including phenoxy) is 1. The number of anilines is 1. The Balaban J connectivity index is 1.52. The molecular weight excluding hydrogens is 531 g/mol. The van der Waals surface area contributed by atoms with Crippen LogP contribution in [0, 0.1) is 5.82 Å². The maximum atomic E-state index is 15.8. The molecule has 0 saturated carbocycles. The van der Waals surface area contributed by atoms with E-state index in [1.54, 1.807) is 12.4 Å². The average Bonchev–Trinajstić information content (AvgIpc) is 3.00. The number of pyridine rings is 2. The van der Waals surface area contributed by atoms with E-state index in [4.69, 9.17) is 4.74 Å². The summed E-state index contributed by atoms with van der Waals surface area (Å²) >= 11 is 0. The summed E-state index contributed by atoms with van der Waals surface area (Å²) in [5, 5.41) is 8.19. The van der Waals surface area contributed by atoms with Gasteiger partial charge in [-0.25, -0.2) is 4.39 Å². The molecule has 42 heavy (non-hydrogen) atoms. The number of rotatable bonds is 10. The Morgan fingerprint density at radius 1 is 1.02 bits per heavy atom.